The molecule has 0 spiro atoms. The van der Waals surface area contributed by atoms with Crippen LogP contribution in [0, 0.1) is 5.82 Å². The number of hydrogen-bond donors (Lipinski definition) is 1. The van der Waals surface area contributed by atoms with E-state index in [0.717, 1.165) is 11.3 Å². The average Bonchev–Trinajstić information content (AvgIpc) is 3.29. The van der Waals surface area contributed by atoms with Gasteiger partial charge in [-0.3, -0.25) is 4.79 Å². The van der Waals surface area contributed by atoms with E-state index in [0.29, 0.717) is 24.0 Å². The largest absolute Gasteiger partial charge is 0.491 e. The molecule has 3 rings (SSSR count). The minimum Gasteiger partial charge on any atom is -0.491 e. The molecule has 0 amide bonds. The quantitative estimate of drug-likeness (QED) is 0.890. The number of aliphatic carboxylic acids is 1. The molecule has 2 aromatic carbocycles. The fourth-order valence-electron chi connectivity index (χ4n) is 2.78. The van der Waals surface area contributed by atoms with Crippen LogP contribution in [0.1, 0.15) is 32.3 Å². The van der Waals surface area contributed by atoms with Crippen LogP contribution < -0.4 is 4.74 Å². The Bertz CT molecular complexity index is 731. The topological polar surface area (TPSA) is 46.5 Å². The van der Waals surface area contributed by atoms with Gasteiger partial charge in [-0.05, 0) is 56.0 Å². The zero-order valence-electron chi connectivity index (χ0n) is 13.2. The maximum Gasteiger partial charge on any atom is 0.314 e. The number of benzene rings is 2. The van der Waals surface area contributed by atoms with Crippen LogP contribution in [0.2, 0.25) is 0 Å². The van der Waals surface area contributed by atoms with Crippen molar-refractivity contribution in [3.8, 4) is 16.9 Å². The molecule has 1 N–H and O–H groups in total. The van der Waals surface area contributed by atoms with E-state index < -0.39 is 17.2 Å². The van der Waals surface area contributed by atoms with Gasteiger partial charge in [-0.15, -0.1) is 0 Å². The molecule has 4 heteroatoms. The summed E-state index contributed by atoms with van der Waals surface area (Å²) in [6.45, 7) is 3.89. The summed E-state index contributed by atoms with van der Waals surface area (Å²) in [6, 6.07) is 12.0. The minimum absolute atomic E-state index is 0.0858. The molecule has 1 fully saturated rings. The predicted octanol–water partition coefficient (Wildman–Crippen LogP) is 4.40. The molecule has 0 atom stereocenters. The molecular weight excluding hydrogens is 295 g/mol. The van der Waals surface area contributed by atoms with Crippen molar-refractivity contribution in [2.24, 2.45) is 0 Å². The zero-order valence-corrected chi connectivity index (χ0v) is 13.2. The molecular formula is C19H19FO3. The van der Waals surface area contributed by atoms with E-state index in [9.17, 15) is 14.3 Å². The molecule has 1 aliphatic rings. The summed E-state index contributed by atoms with van der Waals surface area (Å²) in [6.07, 6.45) is 1.23. The highest BCUT2D eigenvalue weighted by molar-refractivity contribution is 5.85. The van der Waals surface area contributed by atoms with Gasteiger partial charge in [0, 0.05) is 5.56 Å². The molecule has 0 aliphatic heterocycles. The van der Waals surface area contributed by atoms with E-state index in [4.69, 9.17) is 4.74 Å². The number of halogens is 1. The van der Waals surface area contributed by atoms with E-state index in [-0.39, 0.29) is 6.10 Å². The molecule has 23 heavy (non-hydrogen) atoms. The van der Waals surface area contributed by atoms with Crippen LogP contribution in [-0.4, -0.2) is 17.2 Å². The Kier molecular flexibility index (Phi) is 3.84. The Balaban J connectivity index is 1.88. The SMILES string of the molecule is CC(C)Oc1ccc(-c2ccc(C3(C(=O)O)CC3)cc2F)cc1. The standard InChI is InChI=1S/C19H19FO3/c1-12(2)23-15-6-3-13(4-7-15)16-8-5-14(11-17(16)20)19(9-10-19)18(21)22/h3-8,11-12H,9-10H2,1-2H3,(H,21,22). The van der Waals surface area contributed by atoms with Crippen LogP contribution in [0.15, 0.2) is 42.5 Å². The Morgan fingerprint density at radius 2 is 1.83 bits per heavy atom. The molecule has 0 radical (unpaired) electrons. The highest BCUT2D eigenvalue weighted by Gasteiger charge is 2.51. The van der Waals surface area contributed by atoms with Gasteiger partial charge in [0.15, 0.2) is 0 Å². The van der Waals surface area contributed by atoms with Gasteiger partial charge in [0.2, 0.25) is 0 Å². The second kappa shape index (κ2) is 5.69. The lowest BCUT2D eigenvalue weighted by Crippen LogP contribution is -2.19. The summed E-state index contributed by atoms with van der Waals surface area (Å²) in [7, 11) is 0. The van der Waals surface area contributed by atoms with E-state index in [2.05, 4.69) is 0 Å². The average molecular weight is 314 g/mol. The van der Waals surface area contributed by atoms with E-state index >= 15 is 0 Å². The third kappa shape index (κ3) is 2.93. The van der Waals surface area contributed by atoms with E-state index in [1.54, 1.807) is 24.3 Å². The normalized spacial score (nSPS) is 15.5. The Hall–Kier alpha value is -2.36. The highest BCUT2D eigenvalue weighted by Crippen LogP contribution is 2.49. The van der Waals surface area contributed by atoms with Crippen molar-refractivity contribution >= 4 is 5.97 Å². The first kappa shape index (κ1) is 15.5. The second-order valence-electron chi connectivity index (χ2n) is 6.27. The molecule has 120 valence electrons. The third-order valence-corrected chi connectivity index (χ3v) is 4.22. The van der Waals surface area contributed by atoms with Crippen LogP contribution in [-0.2, 0) is 10.2 Å². The first-order chi connectivity index (χ1) is 10.9. The van der Waals surface area contributed by atoms with E-state index in [1.807, 2.05) is 26.0 Å². The Morgan fingerprint density at radius 1 is 1.17 bits per heavy atom. The van der Waals surface area contributed by atoms with Crippen molar-refractivity contribution in [3.05, 3.63) is 53.8 Å². The molecule has 2 aromatic rings. The van der Waals surface area contributed by atoms with E-state index in [1.165, 1.54) is 6.07 Å². The number of hydrogen-bond acceptors (Lipinski definition) is 2. The first-order valence-corrected chi connectivity index (χ1v) is 7.73. The lowest BCUT2D eigenvalue weighted by atomic mass is 9.93. The second-order valence-corrected chi connectivity index (χ2v) is 6.27. The molecule has 0 saturated heterocycles. The van der Waals surface area contributed by atoms with Crippen molar-refractivity contribution in [2.45, 2.75) is 38.2 Å². The fraction of sp³-hybridized carbons (Fsp3) is 0.316. The maximum absolute atomic E-state index is 14.4. The molecule has 0 heterocycles. The summed E-state index contributed by atoms with van der Waals surface area (Å²) < 4.78 is 20.0. The molecule has 3 nitrogen and oxygen atoms in total. The number of ether oxygens (including phenoxy) is 1. The van der Waals surface area contributed by atoms with Crippen LogP contribution in [0.5, 0.6) is 5.75 Å². The van der Waals surface area contributed by atoms with Gasteiger partial charge in [-0.1, -0.05) is 24.3 Å². The van der Waals surface area contributed by atoms with Gasteiger partial charge in [0.1, 0.15) is 11.6 Å². The Labute approximate surface area is 134 Å². The van der Waals surface area contributed by atoms with Crippen molar-refractivity contribution in [1.82, 2.24) is 0 Å². The highest BCUT2D eigenvalue weighted by atomic mass is 19.1. The van der Waals surface area contributed by atoms with Gasteiger partial charge in [-0.2, -0.15) is 0 Å². The Morgan fingerprint density at radius 3 is 2.30 bits per heavy atom. The monoisotopic (exact) mass is 314 g/mol. The molecule has 0 aromatic heterocycles. The van der Waals surface area contributed by atoms with Crippen molar-refractivity contribution in [3.63, 3.8) is 0 Å². The number of rotatable bonds is 5. The van der Waals surface area contributed by atoms with Gasteiger partial charge >= 0.3 is 5.97 Å². The molecule has 0 bridgehead atoms. The van der Waals surface area contributed by atoms with Crippen molar-refractivity contribution in [1.29, 1.82) is 0 Å². The molecule has 1 aliphatic carbocycles. The lowest BCUT2D eigenvalue weighted by molar-refractivity contribution is -0.140. The number of carboxylic acids is 1. The number of carboxylic acid groups (broad SMARTS) is 1. The summed E-state index contributed by atoms with van der Waals surface area (Å²) in [5.74, 6) is -0.532. The van der Waals surface area contributed by atoms with Crippen LogP contribution in [0.3, 0.4) is 0 Å². The van der Waals surface area contributed by atoms with Crippen LogP contribution in [0.4, 0.5) is 4.39 Å². The van der Waals surface area contributed by atoms with Crippen LogP contribution >= 0.6 is 0 Å². The van der Waals surface area contributed by atoms with Crippen molar-refractivity contribution in [2.75, 3.05) is 0 Å². The smallest absolute Gasteiger partial charge is 0.314 e. The first-order valence-electron chi connectivity index (χ1n) is 7.73. The minimum atomic E-state index is -0.881. The van der Waals surface area contributed by atoms with Gasteiger partial charge in [0.05, 0.1) is 11.5 Å². The van der Waals surface area contributed by atoms with Gasteiger partial charge in [0.25, 0.3) is 0 Å². The number of carbonyl (C=O) groups is 1. The summed E-state index contributed by atoms with van der Waals surface area (Å²) >= 11 is 0. The molecule has 1 saturated carbocycles. The summed E-state index contributed by atoms with van der Waals surface area (Å²) in [5.41, 5.74) is 0.872. The lowest BCUT2D eigenvalue weighted by Gasteiger charge is -2.13. The van der Waals surface area contributed by atoms with Crippen LogP contribution in [0.25, 0.3) is 11.1 Å². The predicted molar refractivity (Wildman–Crippen MR) is 86.1 cm³/mol. The van der Waals surface area contributed by atoms with Gasteiger partial charge < -0.3 is 9.84 Å². The van der Waals surface area contributed by atoms with Gasteiger partial charge in [-0.25, -0.2) is 4.39 Å². The third-order valence-electron chi connectivity index (χ3n) is 4.22. The van der Waals surface area contributed by atoms with Crippen molar-refractivity contribution < 1.29 is 19.0 Å². The zero-order chi connectivity index (χ0) is 16.6. The summed E-state index contributed by atoms with van der Waals surface area (Å²) in [5, 5.41) is 9.30. The summed E-state index contributed by atoms with van der Waals surface area (Å²) in [4.78, 5) is 11.3. The maximum atomic E-state index is 14.4. The fourth-order valence-corrected chi connectivity index (χ4v) is 2.78. The molecule has 0 unspecified atom stereocenters.